The first-order valence-electron chi connectivity index (χ1n) is 9.61. The minimum atomic E-state index is -4.81. The van der Waals surface area contributed by atoms with Crippen LogP contribution in [0, 0.1) is 5.92 Å². The number of carboxylic acids is 1. The molecule has 0 saturated carbocycles. The van der Waals surface area contributed by atoms with Crippen molar-refractivity contribution in [3.05, 3.63) is 53.7 Å². The third kappa shape index (κ3) is 5.16. The lowest BCUT2D eigenvalue weighted by Crippen LogP contribution is -2.66. The van der Waals surface area contributed by atoms with E-state index in [1.54, 1.807) is 13.0 Å². The Balaban J connectivity index is 1.66. The van der Waals surface area contributed by atoms with E-state index in [9.17, 15) is 32.7 Å². The van der Waals surface area contributed by atoms with Gasteiger partial charge in [0, 0.05) is 12.6 Å². The smallest absolute Gasteiger partial charge is 0.480 e. The van der Waals surface area contributed by atoms with Crippen molar-refractivity contribution in [3.8, 4) is 5.75 Å². The highest BCUT2D eigenvalue weighted by Crippen LogP contribution is 2.33. The van der Waals surface area contributed by atoms with Crippen LogP contribution in [-0.4, -0.2) is 45.2 Å². The van der Waals surface area contributed by atoms with Crippen molar-refractivity contribution in [2.75, 3.05) is 5.73 Å². The molecule has 8 nitrogen and oxygen atoms in total. The van der Waals surface area contributed by atoms with Crippen LogP contribution in [0.5, 0.6) is 5.75 Å². The standard InChI is InChI=1S/C21H20F3N3O5/c1-11(13-2-4-14(5-3-13)32-21(22,23)24)8-17(28)27-18(20(30)31)15(19(27)29)9-12-6-7-26-16(25)10-12/h2-7,10-11,15,18H,8-9H2,1H3,(H2,25,26)(H,30,31)/t11?,15-,18+/m1/s1. The largest absolute Gasteiger partial charge is 0.573 e. The second kappa shape index (κ2) is 8.85. The van der Waals surface area contributed by atoms with E-state index in [0.29, 0.717) is 11.1 Å². The summed E-state index contributed by atoms with van der Waals surface area (Å²) in [6.45, 7) is 1.65. The molecule has 1 saturated heterocycles. The first-order valence-corrected chi connectivity index (χ1v) is 9.61. The molecule has 0 aliphatic carbocycles. The Bertz CT molecular complexity index is 1030. The number of rotatable bonds is 7. The minimum Gasteiger partial charge on any atom is -0.480 e. The van der Waals surface area contributed by atoms with E-state index in [4.69, 9.17) is 5.73 Å². The number of β-lactam (4-membered cyclic amide) rings is 1. The fraction of sp³-hybridized carbons (Fsp3) is 0.333. The average Bonchev–Trinajstić information content (AvgIpc) is 2.68. The van der Waals surface area contributed by atoms with Crippen molar-refractivity contribution in [2.45, 2.75) is 38.1 Å². The van der Waals surface area contributed by atoms with E-state index in [0.717, 1.165) is 17.0 Å². The number of anilines is 1. The zero-order valence-corrected chi connectivity index (χ0v) is 16.9. The molecule has 1 fully saturated rings. The summed E-state index contributed by atoms with van der Waals surface area (Å²) in [7, 11) is 0. The number of benzene rings is 1. The molecule has 1 aromatic heterocycles. The number of hydrogen-bond acceptors (Lipinski definition) is 6. The maximum absolute atomic E-state index is 12.7. The SMILES string of the molecule is CC(CC(=O)N1C(=O)[C@H](Cc2ccnc(N)c2)[C@H]1C(=O)O)c1ccc(OC(F)(F)F)cc1. The number of halogens is 3. The number of ether oxygens (including phenoxy) is 1. The van der Waals surface area contributed by atoms with Gasteiger partial charge in [0.25, 0.3) is 0 Å². The molecule has 3 N–H and O–H groups in total. The monoisotopic (exact) mass is 451 g/mol. The lowest BCUT2D eigenvalue weighted by atomic mass is 9.81. The van der Waals surface area contributed by atoms with Gasteiger partial charge in [-0.1, -0.05) is 19.1 Å². The number of imide groups is 1. The Morgan fingerprint density at radius 3 is 2.47 bits per heavy atom. The summed E-state index contributed by atoms with van der Waals surface area (Å²) in [5, 5.41) is 9.56. The predicted octanol–water partition coefficient (Wildman–Crippen LogP) is 2.74. The summed E-state index contributed by atoms with van der Waals surface area (Å²) in [5.41, 5.74) is 6.77. The molecule has 1 unspecified atom stereocenters. The van der Waals surface area contributed by atoms with Crippen LogP contribution in [0.25, 0.3) is 0 Å². The number of carboxylic acid groups (broad SMARTS) is 1. The number of alkyl halides is 3. The highest BCUT2D eigenvalue weighted by Gasteiger charge is 2.54. The van der Waals surface area contributed by atoms with E-state index in [1.807, 2.05) is 0 Å². The maximum atomic E-state index is 12.7. The number of hydrogen-bond donors (Lipinski definition) is 2. The lowest BCUT2D eigenvalue weighted by molar-refractivity contribution is -0.274. The van der Waals surface area contributed by atoms with Crippen LogP contribution in [0.1, 0.15) is 30.4 Å². The van der Waals surface area contributed by atoms with Gasteiger partial charge < -0.3 is 15.6 Å². The molecule has 2 aromatic rings. The summed E-state index contributed by atoms with van der Waals surface area (Å²) in [6, 6.07) is 6.83. The zero-order valence-electron chi connectivity index (χ0n) is 16.9. The van der Waals surface area contributed by atoms with Gasteiger partial charge in [-0.25, -0.2) is 9.78 Å². The van der Waals surface area contributed by atoms with E-state index in [2.05, 4.69) is 9.72 Å². The zero-order chi connectivity index (χ0) is 23.6. The highest BCUT2D eigenvalue weighted by atomic mass is 19.4. The fourth-order valence-corrected chi connectivity index (χ4v) is 3.66. The van der Waals surface area contributed by atoms with Gasteiger partial charge in [-0.15, -0.1) is 13.2 Å². The Morgan fingerprint density at radius 1 is 1.25 bits per heavy atom. The third-order valence-electron chi connectivity index (χ3n) is 5.20. The van der Waals surface area contributed by atoms with Gasteiger partial charge in [0.05, 0.1) is 5.92 Å². The Hall–Kier alpha value is -3.63. The van der Waals surface area contributed by atoms with Crippen molar-refractivity contribution in [1.29, 1.82) is 0 Å². The van der Waals surface area contributed by atoms with Gasteiger partial charge in [-0.05, 0) is 47.7 Å². The van der Waals surface area contributed by atoms with Crippen molar-refractivity contribution in [3.63, 3.8) is 0 Å². The second-order valence-electron chi connectivity index (χ2n) is 7.51. The number of aromatic nitrogens is 1. The third-order valence-corrected chi connectivity index (χ3v) is 5.20. The number of likely N-dealkylation sites (tertiary alicyclic amines) is 1. The average molecular weight is 451 g/mol. The van der Waals surface area contributed by atoms with Crippen LogP contribution in [0.4, 0.5) is 19.0 Å². The molecular weight excluding hydrogens is 431 g/mol. The molecule has 1 aliphatic rings. The first kappa shape index (κ1) is 23.0. The molecule has 32 heavy (non-hydrogen) atoms. The van der Waals surface area contributed by atoms with Gasteiger partial charge in [0.2, 0.25) is 11.8 Å². The van der Waals surface area contributed by atoms with Crippen LogP contribution in [-0.2, 0) is 20.8 Å². The van der Waals surface area contributed by atoms with E-state index in [1.165, 1.54) is 24.4 Å². The molecule has 3 atom stereocenters. The number of amides is 2. The Morgan fingerprint density at radius 2 is 1.91 bits per heavy atom. The van der Waals surface area contributed by atoms with Gasteiger partial charge in [-0.2, -0.15) is 0 Å². The van der Waals surface area contributed by atoms with Crippen LogP contribution < -0.4 is 10.5 Å². The number of pyridine rings is 1. The molecule has 11 heteroatoms. The van der Waals surface area contributed by atoms with Gasteiger partial charge >= 0.3 is 12.3 Å². The fourth-order valence-electron chi connectivity index (χ4n) is 3.66. The quantitative estimate of drug-likeness (QED) is 0.621. The summed E-state index contributed by atoms with van der Waals surface area (Å²) in [5.74, 6) is -4.12. The van der Waals surface area contributed by atoms with Crippen molar-refractivity contribution < 1.29 is 37.4 Å². The van der Waals surface area contributed by atoms with Crippen molar-refractivity contribution in [2.24, 2.45) is 5.92 Å². The van der Waals surface area contributed by atoms with Crippen molar-refractivity contribution in [1.82, 2.24) is 9.88 Å². The molecular formula is C21H20F3N3O5. The molecule has 1 aromatic carbocycles. The van der Waals surface area contributed by atoms with Crippen molar-refractivity contribution >= 4 is 23.6 Å². The number of nitrogen functional groups attached to an aromatic ring is 1. The Kier molecular flexibility index (Phi) is 6.37. The molecule has 0 radical (unpaired) electrons. The van der Waals surface area contributed by atoms with Crippen LogP contribution in [0.15, 0.2) is 42.6 Å². The normalized spacial score (nSPS) is 19.2. The van der Waals surface area contributed by atoms with Gasteiger partial charge in [-0.3, -0.25) is 14.5 Å². The minimum absolute atomic E-state index is 0.0997. The number of carbonyl (C=O) groups is 3. The Labute approximate surface area is 180 Å². The van der Waals surface area contributed by atoms with Gasteiger partial charge in [0.15, 0.2) is 0 Å². The summed E-state index contributed by atoms with van der Waals surface area (Å²) >= 11 is 0. The summed E-state index contributed by atoms with van der Waals surface area (Å²) in [4.78, 5) is 41.6. The molecule has 170 valence electrons. The van der Waals surface area contributed by atoms with Crippen LogP contribution in [0.3, 0.4) is 0 Å². The lowest BCUT2D eigenvalue weighted by Gasteiger charge is -2.43. The number of nitrogens with two attached hydrogens (primary N) is 1. The summed E-state index contributed by atoms with van der Waals surface area (Å²) < 4.78 is 40.6. The molecule has 1 aliphatic heterocycles. The highest BCUT2D eigenvalue weighted by molar-refractivity contribution is 6.08. The predicted molar refractivity (Wildman–Crippen MR) is 105 cm³/mol. The number of nitrogens with zero attached hydrogens (tertiary/aromatic N) is 2. The molecule has 0 spiro atoms. The molecule has 2 heterocycles. The molecule has 0 bridgehead atoms. The van der Waals surface area contributed by atoms with E-state index in [-0.39, 0.29) is 18.7 Å². The van der Waals surface area contributed by atoms with E-state index >= 15 is 0 Å². The second-order valence-corrected chi connectivity index (χ2v) is 7.51. The molecule has 3 rings (SSSR count). The maximum Gasteiger partial charge on any atom is 0.573 e. The number of carbonyl (C=O) groups excluding carboxylic acids is 2. The topological polar surface area (TPSA) is 123 Å². The van der Waals surface area contributed by atoms with Gasteiger partial charge in [0.1, 0.15) is 17.6 Å². The van der Waals surface area contributed by atoms with Crippen LogP contribution >= 0.6 is 0 Å². The molecule has 2 amide bonds. The van der Waals surface area contributed by atoms with E-state index < -0.39 is 47.8 Å². The first-order chi connectivity index (χ1) is 15.0. The van der Waals surface area contributed by atoms with Crippen LogP contribution in [0.2, 0.25) is 0 Å². The summed E-state index contributed by atoms with van der Waals surface area (Å²) in [6.07, 6.45) is -3.46. The number of aliphatic carboxylic acids is 1.